The molecule has 17 heavy (non-hydrogen) atoms. The number of hydrogen-bond donors (Lipinski definition) is 1. The molecule has 0 fully saturated rings. The molecule has 0 aliphatic carbocycles. The summed E-state index contributed by atoms with van der Waals surface area (Å²) in [5, 5.41) is 0. The first-order valence-electron chi connectivity index (χ1n) is 4.92. The molecule has 0 radical (unpaired) electrons. The summed E-state index contributed by atoms with van der Waals surface area (Å²) >= 11 is 2.10. The van der Waals surface area contributed by atoms with Crippen molar-refractivity contribution in [3.63, 3.8) is 0 Å². The Kier molecular flexibility index (Phi) is 2.50. The van der Waals surface area contributed by atoms with Crippen LogP contribution in [-0.4, -0.2) is 16.8 Å². The van der Waals surface area contributed by atoms with Crippen molar-refractivity contribution >= 4 is 28.4 Å². The van der Waals surface area contributed by atoms with E-state index in [1.54, 1.807) is 6.20 Å². The predicted molar refractivity (Wildman–Crippen MR) is 70.7 cm³/mol. The van der Waals surface area contributed by atoms with E-state index in [1.807, 2.05) is 18.2 Å². The van der Waals surface area contributed by atoms with Gasteiger partial charge in [-0.2, -0.15) is 0 Å². The SMILES string of the molecule is Nc1nc(-c2ccc3c(c2)OCO3)ncc1I. The molecule has 1 aromatic heterocycles. The van der Waals surface area contributed by atoms with Crippen molar-refractivity contribution in [3.8, 4) is 22.9 Å². The van der Waals surface area contributed by atoms with Gasteiger partial charge in [0.1, 0.15) is 5.82 Å². The van der Waals surface area contributed by atoms with Gasteiger partial charge in [0.2, 0.25) is 6.79 Å². The highest BCUT2D eigenvalue weighted by molar-refractivity contribution is 14.1. The van der Waals surface area contributed by atoms with Crippen LogP contribution in [0.5, 0.6) is 11.5 Å². The van der Waals surface area contributed by atoms with Crippen LogP contribution < -0.4 is 15.2 Å². The van der Waals surface area contributed by atoms with Gasteiger partial charge in [-0.15, -0.1) is 0 Å². The number of nitrogens with two attached hydrogens (primary N) is 1. The van der Waals surface area contributed by atoms with Gasteiger partial charge in [0.25, 0.3) is 0 Å². The molecule has 3 rings (SSSR count). The molecule has 86 valence electrons. The Morgan fingerprint density at radius 1 is 1.24 bits per heavy atom. The van der Waals surface area contributed by atoms with Crippen LogP contribution in [0.4, 0.5) is 5.82 Å². The maximum absolute atomic E-state index is 5.76. The smallest absolute Gasteiger partial charge is 0.231 e. The molecule has 5 nitrogen and oxygen atoms in total. The quantitative estimate of drug-likeness (QED) is 0.804. The second-order valence-corrected chi connectivity index (χ2v) is 4.66. The summed E-state index contributed by atoms with van der Waals surface area (Å²) in [6.45, 7) is 0.258. The zero-order valence-electron chi connectivity index (χ0n) is 8.68. The van der Waals surface area contributed by atoms with Crippen molar-refractivity contribution in [2.75, 3.05) is 12.5 Å². The van der Waals surface area contributed by atoms with Crippen molar-refractivity contribution in [1.29, 1.82) is 0 Å². The highest BCUT2D eigenvalue weighted by atomic mass is 127. The van der Waals surface area contributed by atoms with Crippen LogP contribution in [-0.2, 0) is 0 Å². The number of hydrogen-bond acceptors (Lipinski definition) is 5. The zero-order valence-corrected chi connectivity index (χ0v) is 10.8. The third kappa shape index (κ3) is 1.88. The van der Waals surface area contributed by atoms with Crippen molar-refractivity contribution in [2.24, 2.45) is 0 Å². The van der Waals surface area contributed by atoms with Crippen LogP contribution in [0.3, 0.4) is 0 Å². The molecule has 0 saturated heterocycles. The highest BCUT2D eigenvalue weighted by Crippen LogP contribution is 2.35. The molecule has 1 aliphatic heterocycles. The lowest BCUT2D eigenvalue weighted by Gasteiger charge is -2.03. The third-order valence-corrected chi connectivity index (χ3v) is 3.23. The summed E-state index contributed by atoms with van der Waals surface area (Å²) in [5.41, 5.74) is 6.61. The van der Waals surface area contributed by atoms with E-state index in [-0.39, 0.29) is 6.79 Å². The molecule has 2 N–H and O–H groups in total. The number of fused-ring (bicyclic) bond motifs is 1. The van der Waals surface area contributed by atoms with E-state index in [0.29, 0.717) is 17.4 Å². The van der Waals surface area contributed by atoms with Crippen molar-refractivity contribution < 1.29 is 9.47 Å². The Bertz CT molecular complexity index is 589. The van der Waals surface area contributed by atoms with E-state index < -0.39 is 0 Å². The fourth-order valence-electron chi connectivity index (χ4n) is 1.56. The van der Waals surface area contributed by atoms with Crippen LogP contribution in [0, 0.1) is 3.57 Å². The second-order valence-electron chi connectivity index (χ2n) is 3.49. The third-order valence-electron chi connectivity index (χ3n) is 2.40. The largest absolute Gasteiger partial charge is 0.454 e. The first-order valence-corrected chi connectivity index (χ1v) is 6.00. The van der Waals surface area contributed by atoms with E-state index in [1.165, 1.54) is 0 Å². The zero-order chi connectivity index (χ0) is 11.8. The molecule has 6 heteroatoms. The van der Waals surface area contributed by atoms with Crippen molar-refractivity contribution in [1.82, 2.24) is 9.97 Å². The van der Waals surface area contributed by atoms with E-state index in [4.69, 9.17) is 15.2 Å². The van der Waals surface area contributed by atoms with Gasteiger partial charge in [-0.3, -0.25) is 0 Å². The van der Waals surface area contributed by atoms with Crippen LogP contribution >= 0.6 is 22.6 Å². The van der Waals surface area contributed by atoms with E-state index in [2.05, 4.69) is 32.6 Å². The first kappa shape index (κ1) is 10.6. The Morgan fingerprint density at radius 3 is 2.88 bits per heavy atom. The average Bonchev–Trinajstić information content (AvgIpc) is 2.79. The standard InChI is InChI=1S/C11H8IN3O2/c12-7-4-14-11(15-10(7)13)6-1-2-8-9(3-6)17-5-16-8/h1-4H,5H2,(H2,13,14,15). The lowest BCUT2D eigenvalue weighted by molar-refractivity contribution is 0.174. The highest BCUT2D eigenvalue weighted by Gasteiger charge is 2.15. The topological polar surface area (TPSA) is 70.3 Å². The summed E-state index contributed by atoms with van der Waals surface area (Å²) in [4.78, 5) is 8.47. The van der Waals surface area contributed by atoms with Crippen LogP contribution in [0.15, 0.2) is 24.4 Å². The molecule has 0 atom stereocenters. The Hall–Kier alpha value is -1.57. The number of ether oxygens (including phenoxy) is 2. The lowest BCUT2D eigenvalue weighted by Crippen LogP contribution is -1.98. The molecule has 0 spiro atoms. The number of anilines is 1. The average molecular weight is 341 g/mol. The summed E-state index contributed by atoms with van der Waals surface area (Å²) in [6, 6.07) is 5.58. The number of rotatable bonds is 1. The molecular weight excluding hydrogens is 333 g/mol. The molecule has 1 aliphatic rings. The van der Waals surface area contributed by atoms with E-state index in [0.717, 1.165) is 14.9 Å². The number of nitrogen functional groups attached to an aromatic ring is 1. The summed E-state index contributed by atoms with van der Waals surface area (Å²) in [6.07, 6.45) is 1.70. The van der Waals surface area contributed by atoms with Crippen LogP contribution in [0.1, 0.15) is 0 Å². The monoisotopic (exact) mass is 341 g/mol. The van der Waals surface area contributed by atoms with E-state index in [9.17, 15) is 0 Å². The fraction of sp³-hybridized carbons (Fsp3) is 0.0909. The normalized spacial score (nSPS) is 12.8. The summed E-state index contributed by atoms with van der Waals surface area (Å²) in [7, 11) is 0. The van der Waals surface area contributed by atoms with Crippen LogP contribution in [0.2, 0.25) is 0 Å². The summed E-state index contributed by atoms with van der Waals surface area (Å²) in [5.74, 6) is 2.52. The molecule has 0 bridgehead atoms. The van der Waals surface area contributed by atoms with Gasteiger partial charge in [0, 0.05) is 11.8 Å². The molecule has 0 saturated carbocycles. The van der Waals surface area contributed by atoms with Gasteiger partial charge in [0.15, 0.2) is 17.3 Å². The lowest BCUT2D eigenvalue weighted by atomic mass is 10.2. The number of nitrogens with zero attached hydrogens (tertiary/aromatic N) is 2. The van der Waals surface area contributed by atoms with Gasteiger partial charge in [-0.05, 0) is 40.8 Å². The maximum Gasteiger partial charge on any atom is 0.231 e. The molecule has 0 unspecified atom stereocenters. The van der Waals surface area contributed by atoms with Gasteiger partial charge in [0.05, 0.1) is 3.57 Å². The van der Waals surface area contributed by atoms with Crippen molar-refractivity contribution in [2.45, 2.75) is 0 Å². The van der Waals surface area contributed by atoms with Gasteiger partial charge in [-0.25, -0.2) is 9.97 Å². The second kappa shape index (κ2) is 4.02. The van der Waals surface area contributed by atoms with E-state index >= 15 is 0 Å². The summed E-state index contributed by atoms with van der Waals surface area (Å²) < 4.78 is 11.4. The minimum absolute atomic E-state index is 0.258. The number of aromatic nitrogens is 2. The Labute approximate surface area is 111 Å². The molecular formula is C11H8IN3O2. The minimum Gasteiger partial charge on any atom is -0.454 e. The van der Waals surface area contributed by atoms with Gasteiger partial charge < -0.3 is 15.2 Å². The predicted octanol–water partition coefficient (Wildman–Crippen LogP) is 2.06. The fourth-order valence-corrected chi connectivity index (χ4v) is 1.81. The van der Waals surface area contributed by atoms with Gasteiger partial charge in [-0.1, -0.05) is 0 Å². The number of benzene rings is 1. The molecule has 2 heterocycles. The van der Waals surface area contributed by atoms with Crippen LogP contribution in [0.25, 0.3) is 11.4 Å². The van der Waals surface area contributed by atoms with Crippen molar-refractivity contribution in [3.05, 3.63) is 28.0 Å². The molecule has 0 amide bonds. The Morgan fingerprint density at radius 2 is 2.06 bits per heavy atom. The molecule has 2 aromatic rings. The molecule has 1 aromatic carbocycles. The van der Waals surface area contributed by atoms with Gasteiger partial charge >= 0.3 is 0 Å². The number of halogens is 1. The minimum atomic E-state index is 0.258. The maximum atomic E-state index is 5.76. The Balaban J connectivity index is 2.06. The first-order chi connectivity index (χ1) is 8.24.